The Morgan fingerprint density at radius 3 is 2.36 bits per heavy atom. The maximum absolute atomic E-state index is 14.2. The zero-order valence-corrected chi connectivity index (χ0v) is 25.3. The molecular formula is C35H44FN3O3. The first-order valence-electron chi connectivity index (χ1n) is 15.2. The summed E-state index contributed by atoms with van der Waals surface area (Å²) in [5.74, 6) is -0.600. The molecule has 0 amide bonds. The van der Waals surface area contributed by atoms with E-state index in [2.05, 4.69) is 28.0 Å². The highest BCUT2D eigenvalue weighted by atomic mass is 19.1. The normalized spacial score (nSPS) is 21.5. The molecule has 42 heavy (non-hydrogen) atoms. The maximum atomic E-state index is 14.2. The molecule has 0 radical (unpaired) electrons. The van der Waals surface area contributed by atoms with E-state index < -0.39 is 17.4 Å². The SMILES string of the molecule is Cn1cc(Cc2ccccc2)cc(C2CCN(C[C@H]3CN([C@@H](C(=O)O)C(C)(C)C)C[C@@H]3c3cccc(F)c3)CC2)c1=O. The van der Waals surface area contributed by atoms with E-state index in [1.54, 1.807) is 16.7 Å². The molecule has 0 aliphatic carbocycles. The van der Waals surface area contributed by atoms with Gasteiger partial charge in [0.15, 0.2) is 0 Å². The van der Waals surface area contributed by atoms with Crippen molar-refractivity contribution in [2.24, 2.45) is 18.4 Å². The lowest BCUT2D eigenvalue weighted by atomic mass is 9.85. The molecule has 2 saturated heterocycles. The van der Waals surface area contributed by atoms with Crippen molar-refractivity contribution in [1.29, 1.82) is 0 Å². The molecular weight excluding hydrogens is 529 g/mol. The number of pyridine rings is 1. The van der Waals surface area contributed by atoms with E-state index >= 15 is 0 Å². The van der Waals surface area contributed by atoms with Crippen molar-refractivity contribution >= 4 is 5.97 Å². The number of nitrogens with zero attached hydrogens (tertiary/aromatic N) is 3. The average Bonchev–Trinajstić information content (AvgIpc) is 3.33. The van der Waals surface area contributed by atoms with Gasteiger partial charge in [-0.2, -0.15) is 0 Å². The summed E-state index contributed by atoms with van der Waals surface area (Å²) in [6.45, 7) is 9.77. The molecule has 0 unspecified atom stereocenters. The van der Waals surface area contributed by atoms with Gasteiger partial charge in [0.05, 0.1) is 0 Å². The second kappa shape index (κ2) is 12.5. The Balaban J connectivity index is 1.30. The van der Waals surface area contributed by atoms with Crippen LogP contribution in [0.5, 0.6) is 0 Å². The Kier molecular flexibility index (Phi) is 9.00. The van der Waals surface area contributed by atoms with Crippen LogP contribution in [0.2, 0.25) is 0 Å². The van der Waals surface area contributed by atoms with Gasteiger partial charge in [-0.1, -0.05) is 63.2 Å². The minimum Gasteiger partial charge on any atom is -0.480 e. The number of carboxylic acid groups (broad SMARTS) is 1. The molecule has 0 spiro atoms. The first kappa shape index (κ1) is 30.2. The van der Waals surface area contributed by atoms with Crippen LogP contribution >= 0.6 is 0 Å². The number of piperidine rings is 1. The highest BCUT2D eigenvalue weighted by Crippen LogP contribution is 2.39. The fourth-order valence-electron chi connectivity index (χ4n) is 7.28. The Bertz CT molecular complexity index is 1440. The van der Waals surface area contributed by atoms with Gasteiger partial charge in [-0.15, -0.1) is 0 Å². The number of carboxylic acids is 1. The van der Waals surface area contributed by atoms with Crippen molar-refractivity contribution in [3.05, 3.63) is 105 Å². The Morgan fingerprint density at radius 1 is 1.00 bits per heavy atom. The summed E-state index contributed by atoms with van der Waals surface area (Å²) in [5, 5.41) is 10.1. The highest BCUT2D eigenvalue weighted by molar-refractivity contribution is 5.74. The quantitative estimate of drug-likeness (QED) is 0.385. The molecule has 224 valence electrons. The van der Waals surface area contributed by atoms with Crippen molar-refractivity contribution in [1.82, 2.24) is 14.4 Å². The van der Waals surface area contributed by atoms with Crippen LogP contribution < -0.4 is 5.56 Å². The van der Waals surface area contributed by atoms with Crippen LogP contribution in [-0.2, 0) is 18.3 Å². The predicted molar refractivity (Wildman–Crippen MR) is 164 cm³/mol. The molecule has 1 N–H and O–H groups in total. The molecule has 2 aliphatic rings. The van der Waals surface area contributed by atoms with Crippen LogP contribution in [-0.4, -0.2) is 64.2 Å². The number of carbonyl (C=O) groups is 1. The van der Waals surface area contributed by atoms with Crippen LogP contribution in [0.15, 0.2) is 71.7 Å². The lowest BCUT2D eigenvalue weighted by Gasteiger charge is -2.36. The van der Waals surface area contributed by atoms with Crippen LogP contribution in [0.25, 0.3) is 0 Å². The van der Waals surface area contributed by atoms with Gasteiger partial charge in [0.25, 0.3) is 5.56 Å². The fourth-order valence-corrected chi connectivity index (χ4v) is 7.28. The van der Waals surface area contributed by atoms with Crippen molar-refractivity contribution in [2.75, 3.05) is 32.7 Å². The van der Waals surface area contributed by atoms with Crippen molar-refractivity contribution < 1.29 is 14.3 Å². The van der Waals surface area contributed by atoms with Crippen LogP contribution in [0.1, 0.15) is 67.7 Å². The van der Waals surface area contributed by atoms with E-state index in [4.69, 9.17) is 0 Å². The second-order valence-corrected chi connectivity index (χ2v) is 13.4. The summed E-state index contributed by atoms with van der Waals surface area (Å²) in [7, 11) is 1.84. The number of halogens is 1. The largest absolute Gasteiger partial charge is 0.480 e. The number of aliphatic carboxylic acids is 1. The molecule has 7 heteroatoms. The van der Waals surface area contributed by atoms with E-state index in [9.17, 15) is 19.1 Å². The van der Waals surface area contributed by atoms with Crippen molar-refractivity contribution in [2.45, 2.75) is 57.9 Å². The van der Waals surface area contributed by atoms with Gasteiger partial charge in [0, 0.05) is 44.4 Å². The lowest BCUT2D eigenvalue weighted by molar-refractivity contribution is -0.147. The number of likely N-dealkylation sites (tertiary alicyclic amines) is 2. The minimum absolute atomic E-state index is 0.0598. The lowest BCUT2D eigenvalue weighted by Crippen LogP contribution is -2.48. The molecule has 2 aromatic carbocycles. The Morgan fingerprint density at radius 2 is 1.71 bits per heavy atom. The Hall–Kier alpha value is -3.29. The third-order valence-corrected chi connectivity index (χ3v) is 9.20. The van der Waals surface area contributed by atoms with Gasteiger partial charge in [0.1, 0.15) is 11.9 Å². The first-order chi connectivity index (χ1) is 20.0. The third-order valence-electron chi connectivity index (χ3n) is 9.20. The number of hydrogen-bond donors (Lipinski definition) is 1. The van der Waals surface area contributed by atoms with Gasteiger partial charge >= 0.3 is 5.97 Å². The van der Waals surface area contributed by atoms with Crippen molar-refractivity contribution in [3.63, 3.8) is 0 Å². The smallest absolute Gasteiger partial charge is 0.321 e. The minimum atomic E-state index is -0.807. The summed E-state index contributed by atoms with van der Waals surface area (Å²) in [6, 6.07) is 18.6. The zero-order chi connectivity index (χ0) is 30.0. The first-order valence-corrected chi connectivity index (χ1v) is 15.2. The van der Waals surface area contributed by atoms with Gasteiger partial charge in [-0.05, 0) is 84.5 Å². The molecule has 2 aliphatic heterocycles. The molecule has 3 atom stereocenters. The van der Waals surface area contributed by atoms with E-state index in [0.29, 0.717) is 13.1 Å². The van der Waals surface area contributed by atoms with Crippen LogP contribution in [0, 0.1) is 17.2 Å². The van der Waals surface area contributed by atoms with E-state index in [1.165, 1.54) is 11.6 Å². The van der Waals surface area contributed by atoms with Crippen molar-refractivity contribution in [3.8, 4) is 0 Å². The Labute approximate surface area is 248 Å². The number of aryl methyl sites for hydroxylation is 1. The molecule has 3 aromatic rings. The molecule has 0 bridgehead atoms. The van der Waals surface area contributed by atoms with Crippen LogP contribution in [0.3, 0.4) is 0 Å². The van der Waals surface area contributed by atoms with Crippen LogP contribution in [0.4, 0.5) is 4.39 Å². The molecule has 0 saturated carbocycles. The number of benzene rings is 2. The number of rotatable bonds is 8. The standard InChI is InChI=1S/C35H44FN3O3/c1-35(2,3)32(34(41)42)39-22-28(31(23-39)27-11-8-12-29(36)19-27)21-38-15-13-26(14-16-38)30-18-25(20-37(4)33(30)40)17-24-9-6-5-7-10-24/h5-12,18-20,26,28,31-32H,13-17,21-23H2,1-4H3,(H,41,42)/t28-,31+,32-/m0/s1. The predicted octanol–water partition coefficient (Wildman–Crippen LogP) is 5.51. The van der Waals surface area contributed by atoms with Gasteiger partial charge in [-0.3, -0.25) is 14.5 Å². The van der Waals surface area contributed by atoms with E-state index in [-0.39, 0.29) is 29.1 Å². The fraction of sp³-hybridized carbons (Fsp3) is 0.486. The molecule has 2 fully saturated rings. The van der Waals surface area contributed by atoms with Gasteiger partial charge < -0.3 is 14.6 Å². The second-order valence-electron chi connectivity index (χ2n) is 13.4. The summed E-state index contributed by atoms with van der Waals surface area (Å²) >= 11 is 0. The summed E-state index contributed by atoms with van der Waals surface area (Å²) < 4.78 is 16.0. The molecule has 5 rings (SSSR count). The van der Waals surface area contributed by atoms with Gasteiger partial charge in [-0.25, -0.2) is 4.39 Å². The third kappa shape index (κ3) is 6.84. The van der Waals surface area contributed by atoms with E-state index in [1.807, 2.05) is 58.3 Å². The molecule has 6 nitrogen and oxygen atoms in total. The highest BCUT2D eigenvalue weighted by Gasteiger charge is 2.44. The summed E-state index contributed by atoms with van der Waals surface area (Å²) in [5.41, 5.74) is 3.89. The summed E-state index contributed by atoms with van der Waals surface area (Å²) in [4.78, 5) is 30.1. The number of hydrogen-bond acceptors (Lipinski definition) is 4. The zero-order valence-electron chi connectivity index (χ0n) is 25.3. The summed E-state index contributed by atoms with van der Waals surface area (Å²) in [6.07, 6.45) is 4.57. The van der Waals surface area contributed by atoms with E-state index in [0.717, 1.165) is 55.6 Å². The molecule has 3 heterocycles. The number of aromatic nitrogens is 1. The average molecular weight is 574 g/mol. The molecule has 1 aromatic heterocycles. The monoisotopic (exact) mass is 573 g/mol. The topological polar surface area (TPSA) is 65.8 Å². The maximum Gasteiger partial charge on any atom is 0.321 e. The van der Waals surface area contributed by atoms with Gasteiger partial charge in [0.2, 0.25) is 0 Å².